The van der Waals surface area contributed by atoms with Gasteiger partial charge in [0.1, 0.15) is 5.69 Å². The number of hydrogen-bond donors (Lipinski definition) is 1. The van der Waals surface area contributed by atoms with Crippen molar-refractivity contribution < 1.29 is 4.79 Å². The maximum Gasteiger partial charge on any atom is 0.272 e. The normalized spacial score (nSPS) is 10.3. The number of carbonyl (C=O) groups is 1. The van der Waals surface area contributed by atoms with Crippen molar-refractivity contribution in [3.05, 3.63) is 18.0 Å². The second-order valence-electron chi connectivity index (χ2n) is 4.48. The summed E-state index contributed by atoms with van der Waals surface area (Å²) in [6, 6.07) is 1.68. The molecule has 0 spiro atoms. The molecule has 5 nitrogen and oxygen atoms in total. The van der Waals surface area contributed by atoms with E-state index in [1.54, 1.807) is 12.3 Å². The first kappa shape index (κ1) is 15.4. The van der Waals surface area contributed by atoms with Gasteiger partial charge in [-0.25, -0.2) is 9.97 Å². The highest BCUT2D eigenvalue weighted by Crippen LogP contribution is 2.06. The molecule has 0 fully saturated rings. The van der Waals surface area contributed by atoms with Gasteiger partial charge in [0.05, 0.1) is 0 Å². The third-order valence-corrected chi connectivity index (χ3v) is 2.68. The van der Waals surface area contributed by atoms with Gasteiger partial charge < -0.3 is 10.2 Å². The minimum absolute atomic E-state index is 0.00866. The zero-order valence-electron chi connectivity index (χ0n) is 12.1. The van der Waals surface area contributed by atoms with Crippen LogP contribution in [0.25, 0.3) is 0 Å². The van der Waals surface area contributed by atoms with Crippen molar-refractivity contribution in [2.75, 3.05) is 25.0 Å². The van der Waals surface area contributed by atoms with E-state index < -0.39 is 0 Å². The van der Waals surface area contributed by atoms with Gasteiger partial charge in [0.2, 0.25) is 5.95 Å². The predicted octanol–water partition coefficient (Wildman–Crippen LogP) is 2.56. The zero-order chi connectivity index (χ0) is 14.1. The highest BCUT2D eigenvalue weighted by Gasteiger charge is 2.16. The molecule has 19 heavy (non-hydrogen) atoms. The van der Waals surface area contributed by atoms with Crippen molar-refractivity contribution >= 4 is 11.9 Å². The number of hydrogen-bond acceptors (Lipinski definition) is 4. The summed E-state index contributed by atoms with van der Waals surface area (Å²) in [5.41, 5.74) is 0.468. The highest BCUT2D eigenvalue weighted by molar-refractivity contribution is 5.92. The summed E-state index contributed by atoms with van der Waals surface area (Å²) >= 11 is 0. The van der Waals surface area contributed by atoms with Gasteiger partial charge in [0.15, 0.2) is 0 Å². The van der Waals surface area contributed by atoms with Crippen LogP contribution in [0, 0.1) is 0 Å². The van der Waals surface area contributed by atoms with Crippen molar-refractivity contribution in [1.29, 1.82) is 0 Å². The van der Waals surface area contributed by atoms with E-state index in [0.29, 0.717) is 11.6 Å². The number of nitrogens with one attached hydrogen (secondary N) is 1. The number of anilines is 1. The van der Waals surface area contributed by atoms with Crippen LogP contribution in [0.5, 0.6) is 0 Å². The van der Waals surface area contributed by atoms with Gasteiger partial charge >= 0.3 is 0 Å². The number of rotatable bonds is 8. The van der Waals surface area contributed by atoms with Crippen LogP contribution in [0.1, 0.15) is 50.5 Å². The Morgan fingerprint density at radius 1 is 1.21 bits per heavy atom. The lowest BCUT2D eigenvalue weighted by atomic mass is 10.3. The Morgan fingerprint density at radius 2 is 1.89 bits per heavy atom. The molecule has 0 radical (unpaired) electrons. The standard InChI is InChI=1S/C14H24N4O/c1-4-8-15-14-16-9-7-12(17-14)13(19)18(10-5-2)11-6-3/h7,9H,4-6,8,10-11H2,1-3H3,(H,15,16,17). The number of carbonyl (C=O) groups excluding carboxylic acids is 1. The molecule has 1 heterocycles. The van der Waals surface area contributed by atoms with Gasteiger partial charge in [-0.3, -0.25) is 4.79 Å². The molecule has 1 aromatic heterocycles. The average molecular weight is 264 g/mol. The second kappa shape index (κ2) is 8.45. The van der Waals surface area contributed by atoms with Crippen LogP contribution in [-0.4, -0.2) is 40.4 Å². The van der Waals surface area contributed by atoms with E-state index in [0.717, 1.165) is 38.9 Å². The van der Waals surface area contributed by atoms with Crippen molar-refractivity contribution in [1.82, 2.24) is 14.9 Å². The largest absolute Gasteiger partial charge is 0.354 e. The molecular formula is C14H24N4O. The monoisotopic (exact) mass is 264 g/mol. The Morgan fingerprint density at radius 3 is 2.47 bits per heavy atom. The lowest BCUT2D eigenvalue weighted by Gasteiger charge is -2.21. The van der Waals surface area contributed by atoms with Crippen molar-refractivity contribution in [2.24, 2.45) is 0 Å². The average Bonchev–Trinajstić information content (AvgIpc) is 2.44. The van der Waals surface area contributed by atoms with Gasteiger partial charge in [0, 0.05) is 25.8 Å². The third kappa shape index (κ3) is 4.85. The van der Waals surface area contributed by atoms with E-state index in [9.17, 15) is 4.79 Å². The van der Waals surface area contributed by atoms with Crippen LogP contribution >= 0.6 is 0 Å². The smallest absolute Gasteiger partial charge is 0.272 e. The number of nitrogens with zero attached hydrogens (tertiary/aromatic N) is 3. The SMILES string of the molecule is CCCNc1nccc(C(=O)N(CCC)CCC)n1. The molecular weight excluding hydrogens is 240 g/mol. The summed E-state index contributed by atoms with van der Waals surface area (Å²) in [6.07, 6.45) is 4.54. The molecule has 0 aromatic carbocycles. The molecule has 0 saturated carbocycles. The molecule has 0 bridgehead atoms. The summed E-state index contributed by atoms with van der Waals surface area (Å²) in [7, 11) is 0. The van der Waals surface area contributed by atoms with Crippen LogP contribution in [0.15, 0.2) is 12.3 Å². The zero-order valence-corrected chi connectivity index (χ0v) is 12.1. The Labute approximate surface area is 115 Å². The van der Waals surface area contributed by atoms with Crippen molar-refractivity contribution in [3.63, 3.8) is 0 Å². The minimum atomic E-state index is -0.00866. The first-order valence-electron chi connectivity index (χ1n) is 7.09. The second-order valence-corrected chi connectivity index (χ2v) is 4.48. The summed E-state index contributed by atoms with van der Waals surface area (Å²) in [6.45, 7) is 8.58. The van der Waals surface area contributed by atoms with E-state index in [-0.39, 0.29) is 5.91 Å². The molecule has 106 valence electrons. The first-order valence-corrected chi connectivity index (χ1v) is 7.09. The van der Waals surface area contributed by atoms with E-state index >= 15 is 0 Å². The third-order valence-electron chi connectivity index (χ3n) is 2.68. The summed E-state index contributed by atoms with van der Waals surface area (Å²) in [5.74, 6) is 0.520. The number of aromatic nitrogens is 2. The lowest BCUT2D eigenvalue weighted by molar-refractivity contribution is 0.0749. The first-order chi connectivity index (χ1) is 9.22. The number of amides is 1. The summed E-state index contributed by atoms with van der Waals surface area (Å²) in [5, 5.41) is 3.10. The maximum absolute atomic E-state index is 12.4. The molecule has 0 unspecified atom stereocenters. The van der Waals surface area contributed by atoms with E-state index in [1.165, 1.54) is 0 Å². The minimum Gasteiger partial charge on any atom is -0.354 e. The van der Waals surface area contributed by atoms with Crippen molar-refractivity contribution in [2.45, 2.75) is 40.0 Å². The highest BCUT2D eigenvalue weighted by atomic mass is 16.2. The topological polar surface area (TPSA) is 58.1 Å². The van der Waals surface area contributed by atoms with Gasteiger partial charge in [0.25, 0.3) is 5.91 Å². The summed E-state index contributed by atoms with van der Waals surface area (Å²) < 4.78 is 0. The van der Waals surface area contributed by atoms with Crippen LogP contribution < -0.4 is 5.32 Å². The molecule has 0 saturated heterocycles. The van der Waals surface area contributed by atoms with Crippen LogP contribution in [0.2, 0.25) is 0 Å². The van der Waals surface area contributed by atoms with E-state index in [2.05, 4.69) is 36.1 Å². The van der Waals surface area contributed by atoms with Crippen LogP contribution in [0.3, 0.4) is 0 Å². The predicted molar refractivity (Wildman–Crippen MR) is 77.3 cm³/mol. The Balaban J connectivity index is 2.78. The van der Waals surface area contributed by atoms with Crippen LogP contribution in [-0.2, 0) is 0 Å². The molecule has 5 heteroatoms. The molecule has 1 rings (SSSR count). The fourth-order valence-corrected chi connectivity index (χ4v) is 1.82. The van der Waals surface area contributed by atoms with Gasteiger partial charge in [-0.2, -0.15) is 0 Å². The lowest BCUT2D eigenvalue weighted by Crippen LogP contribution is -2.33. The fourth-order valence-electron chi connectivity index (χ4n) is 1.82. The summed E-state index contributed by atoms with van der Waals surface area (Å²) in [4.78, 5) is 22.6. The van der Waals surface area contributed by atoms with Gasteiger partial charge in [-0.1, -0.05) is 20.8 Å². The van der Waals surface area contributed by atoms with Gasteiger partial charge in [-0.15, -0.1) is 0 Å². The molecule has 1 amide bonds. The Bertz CT molecular complexity index is 389. The van der Waals surface area contributed by atoms with Crippen LogP contribution in [0.4, 0.5) is 5.95 Å². The quantitative estimate of drug-likeness (QED) is 0.784. The van der Waals surface area contributed by atoms with E-state index in [1.807, 2.05) is 4.90 Å². The van der Waals surface area contributed by atoms with Gasteiger partial charge in [-0.05, 0) is 25.3 Å². The van der Waals surface area contributed by atoms with E-state index in [4.69, 9.17) is 0 Å². The Hall–Kier alpha value is -1.65. The Kier molecular flexibility index (Phi) is 6.85. The van der Waals surface area contributed by atoms with Crippen molar-refractivity contribution in [3.8, 4) is 0 Å². The molecule has 1 aromatic rings. The molecule has 0 atom stereocenters. The molecule has 0 aliphatic heterocycles. The maximum atomic E-state index is 12.4. The molecule has 0 aliphatic rings. The molecule has 0 aliphatic carbocycles. The molecule has 1 N–H and O–H groups in total. The fraction of sp³-hybridized carbons (Fsp3) is 0.643.